The second-order valence-corrected chi connectivity index (χ2v) is 8.40. The van der Waals surface area contributed by atoms with Gasteiger partial charge in [-0.05, 0) is 69.5 Å². The first-order chi connectivity index (χ1) is 14.5. The highest BCUT2D eigenvalue weighted by Crippen LogP contribution is 2.24. The van der Waals surface area contributed by atoms with Gasteiger partial charge in [-0.15, -0.1) is 0 Å². The molecule has 4 rings (SSSR count). The first kappa shape index (κ1) is 20.6. The molecule has 3 aromatic rings. The van der Waals surface area contributed by atoms with Crippen molar-refractivity contribution in [3.63, 3.8) is 0 Å². The maximum absolute atomic E-state index is 12.6. The highest BCUT2D eigenvalue weighted by molar-refractivity contribution is 5.74. The largest absolute Gasteiger partial charge is 0.369 e. The molecule has 0 aliphatic carbocycles. The minimum atomic E-state index is 0.0378. The van der Waals surface area contributed by atoms with Crippen LogP contribution in [0.2, 0.25) is 0 Å². The smallest absolute Gasteiger partial charge is 0.272 e. The molecule has 1 aliphatic heterocycles. The van der Waals surface area contributed by atoms with E-state index in [1.54, 1.807) is 6.92 Å². The van der Waals surface area contributed by atoms with Crippen molar-refractivity contribution in [2.45, 2.75) is 40.2 Å². The average molecular weight is 405 g/mol. The first-order valence-corrected chi connectivity index (χ1v) is 11.0. The van der Waals surface area contributed by atoms with E-state index in [-0.39, 0.29) is 5.56 Å². The molecular formula is C25H32N4O. The third kappa shape index (κ3) is 4.26. The lowest BCUT2D eigenvalue weighted by atomic mass is 10.1. The molecule has 2 aromatic carbocycles. The summed E-state index contributed by atoms with van der Waals surface area (Å²) in [4.78, 5) is 22.1. The Labute approximate surface area is 179 Å². The molecule has 1 fully saturated rings. The Morgan fingerprint density at radius 2 is 1.60 bits per heavy atom. The molecule has 30 heavy (non-hydrogen) atoms. The van der Waals surface area contributed by atoms with E-state index in [0.717, 1.165) is 63.1 Å². The van der Waals surface area contributed by atoms with Crippen molar-refractivity contribution in [3.8, 4) is 0 Å². The predicted octanol–water partition coefficient (Wildman–Crippen LogP) is 3.92. The summed E-state index contributed by atoms with van der Waals surface area (Å²) in [5.74, 6) is 0. The summed E-state index contributed by atoms with van der Waals surface area (Å²) in [6, 6.07) is 14.5. The van der Waals surface area contributed by atoms with E-state index in [9.17, 15) is 4.79 Å². The molecule has 0 bridgehead atoms. The maximum Gasteiger partial charge on any atom is 0.272 e. The van der Waals surface area contributed by atoms with Crippen molar-refractivity contribution in [2.24, 2.45) is 0 Å². The Bertz CT molecular complexity index is 1080. The number of benzene rings is 2. The number of aromatic nitrogens is 2. The van der Waals surface area contributed by atoms with Gasteiger partial charge in [0.15, 0.2) is 0 Å². The van der Waals surface area contributed by atoms with Crippen LogP contribution in [0.25, 0.3) is 11.0 Å². The molecule has 0 atom stereocenters. The van der Waals surface area contributed by atoms with Gasteiger partial charge in [-0.3, -0.25) is 9.69 Å². The molecule has 2 heterocycles. The van der Waals surface area contributed by atoms with Crippen LogP contribution in [0.4, 0.5) is 5.69 Å². The van der Waals surface area contributed by atoms with Crippen molar-refractivity contribution < 1.29 is 0 Å². The summed E-state index contributed by atoms with van der Waals surface area (Å²) in [5.41, 5.74) is 6.61. The molecule has 0 N–H and O–H groups in total. The van der Waals surface area contributed by atoms with Crippen LogP contribution in [-0.2, 0) is 6.54 Å². The third-order valence-corrected chi connectivity index (χ3v) is 6.41. The van der Waals surface area contributed by atoms with E-state index in [0.29, 0.717) is 5.69 Å². The van der Waals surface area contributed by atoms with Gasteiger partial charge >= 0.3 is 0 Å². The lowest BCUT2D eigenvalue weighted by Crippen LogP contribution is -2.46. The maximum atomic E-state index is 12.6. The van der Waals surface area contributed by atoms with Crippen molar-refractivity contribution in [1.82, 2.24) is 14.5 Å². The van der Waals surface area contributed by atoms with E-state index in [2.05, 4.69) is 46.8 Å². The van der Waals surface area contributed by atoms with Crippen LogP contribution in [0.5, 0.6) is 0 Å². The Morgan fingerprint density at radius 3 is 2.40 bits per heavy atom. The minimum Gasteiger partial charge on any atom is -0.369 e. The normalized spacial score (nSPS) is 15.1. The minimum absolute atomic E-state index is 0.0378. The van der Waals surface area contributed by atoms with Crippen molar-refractivity contribution in [2.75, 3.05) is 37.6 Å². The molecule has 0 amide bonds. The quantitative estimate of drug-likeness (QED) is 0.584. The van der Waals surface area contributed by atoms with E-state index < -0.39 is 0 Å². The lowest BCUT2D eigenvalue weighted by Gasteiger charge is -2.37. The summed E-state index contributed by atoms with van der Waals surface area (Å²) < 4.78 is 1.90. The van der Waals surface area contributed by atoms with Gasteiger partial charge in [0.25, 0.3) is 5.56 Å². The molecule has 0 radical (unpaired) electrons. The zero-order valence-corrected chi connectivity index (χ0v) is 18.4. The average Bonchev–Trinajstić information content (AvgIpc) is 2.76. The second-order valence-electron chi connectivity index (χ2n) is 8.40. The van der Waals surface area contributed by atoms with Crippen LogP contribution in [0.15, 0.2) is 47.3 Å². The van der Waals surface area contributed by atoms with Crippen molar-refractivity contribution in [3.05, 3.63) is 69.6 Å². The molecule has 5 heteroatoms. The Hall–Kier alpha value is -2.66. The van der Waals surface area contributed by atoms with Crippen LogP contribution in [0.3, 0.4) is 0 Å². The molecule has 1 aliphatic rings. The van der Waals surface area contributed by atoms with Gasteiger partial charge in [-0.1, -0.05) is 24.3 Å². The monoisotopic (exact) mass is 404 g/mol. The van der Waals surface area contributed by atoms with Crippen LogP contribution in [0, 0.1) is 20.8 Å². The van der Waals surface area contributed by atoms with E-state index >= 15 is 0 Å². The molecular weight excluding hydrogens is 372 g/mol. The molecule has 0 unspecified atom stereocenters. The number of anilines is 1. The molecule has 0 saturated carbocycles. The number of hydrogen-bond donors (Lipinski definition) is 0. The van der Waals surface area contributed by atoms with Gasteiger partial charge < -0.3 is 9.47 Å². The van der Waals surface area contributed by atoms with Crippen LogP contribution < -0.4 is 10.5 Å². The third-order valence-electron chi connectivity index (χ3n) is 6.41. The Morgan fingerprint density at radius 1 is 0.867 bits per heavy atom. The van der Waals surface area contributed by atoms with Crippen molar-refractivity contribution >= 4 is 16.7 Å². The number of rotatable bonds is 6. The topological polar surface area (TPSA) is 41.4 Å². The molecule has 1 saturated heterocycles. The van der Waals surface area contributed by atoms with Crippen LogP contribution in [0.1, 0.15) is 29.7 Å². The molecule has 0 spiro atoms. The molecule has 158 valence electrons. The number of piperazine rings is 1. The number of para-hydroxylation sites is 2. The number of fused-ring (bicyclic) bond motifs is 1. The number of nitrogens with zero attached hydrogens (tertiary/aromatic N) is 4. The highest BCUT2D eigenvalue weighted by atomic mass is 16.1. The van der Waals surface area contributed by atoms with Gasteiger partial charge in [0.1, 0.15) is 5.69 Å². The van der Waals surface area contributed by atoms with E-state index in [1.165, 1.54) is 16.8 Å². The van der Waals surface area contributed by atoms with E-state index in [1.807, 2.05) is 28.8 Å². The van der Waals surface area contributed by atoms with Gasteiger partial charge in [-0.25, -0.2) is 4.98 Å². The lowest BCUT2D eigenvalue weighted by molar-refractivity contribution is 0.251. The first-order valence-electron chi connectivity index (χ1n) is 11.0. The van der Waals surface area contributed by atoms with Gasteiger partial charge in [0.05, 0.1) is 11.0 Å². The second kappa shape index (κ2) is 9.00. The summed E-state index contributed by atoms with van der Waals surface area (Å²) >= 11 is 0. The van der Waals surface area contributed by atoms with Crippen LogP contribution in [-0.4, -0.2) is 47.2 Å². The highest BCUT2D eigenvalue weighted by Gasteiger charge is 2.18. The fourth-order valence-corrected chi connectivity index (χ4v) is 4.44. The number of unbranched alkanes of at least 4 members (excludes halogenated alkanes) is 1. The summed E-state index contributed by atoms with van der Waals surface area (Å²) in [5, 5.41) is 0. The number of aryl methyl sites for hydroxylation is 3. The SMILES string of the molecule is Cc1cccc(N2CCN(CCCCn3c(=O)c(C)nc4ccccc43)CC2)c1C. The zero-order chi connectivity index (χ0) is 21.1. The Balaban J connectivity index is 1.30. The fraction of sp³-hybridized carbons (Fsp3) is 0.440. The summed E-state index contributed by atoms with van der Waals surface area (Å²) in [7, 11) is 0. The Kier molecular flexibility index (Phi) is 6.18. The predicted molar refractivity (Wildman–Crippen MR) is 125 cm³/mol. The zero-order valence-electron chi connectivity index (χ0n) is 18.4. The van der Waals surface area contributed by atoms with Gasteiger partial charge in [0.2, 0.25) is 0 Å². The molecule has 1 aromatic heterocycles. The summed E-state index contributed by atoms with van der Waals surface area (Å²) in [6.07, 6.45) is 2.11. The number of hydrogen-bond acceptors (Lipinski definition) is 4. The fourth-order valence-electron chi connectivity index (χ4n) is 4.44. The van der Waals surface area contributed by atoms with Crippen molar-refractivity contribution in [1.29, 1.82) is 0 Å². The molecule has 5 nitrogen and oxygen atoms in total. The van der Waals surface area contributed by atoms with Crippen LogP contribution >= 0.6 is 0 Å². The summed E-state index contributed by atoms with van der Waals surface area (Å²) in [6.45, 7) is 12.4. The van der Waals surface area contributed by atoms with Gasteiger partial charge in [-0.2, -0.15) is 0 Å². The van der Waals surface area contributed by atoms with Gasteiger partial charge in [0, 0.05) is 38.4 Å². The van der Waals surface area contributed by atoms with E-state index in [4.69, 9.17) is 0 Å². The standard InChI is InChI=1S/C25H32N4O/c1-19-9-8-12-23(20(19)2)28-17-15-27(16-18-28)13-6-7-14-29-24-11-5-4-10-22(24)26-21(3)25(29)30/h4-5,8-12H,6-7,13-18H2,1-3H3.